The minimum atomic E-state index is -4.46. The molecule has 5 rings (SSSR count). The smallest absolute Gasteiger partial charge is 0.416 e. The normalized spacial score (nSPS) is 17.1. The molecule has 1 aliphatic carbocycles. The summed E-state index contributed by atoms with van der Waals surface area (Å²) in [4.78, 5) is 44.1. The highest BCUT2D eigenvalue weighted by Crippen LogP contribution is 2.33. The highest BCUT2D eigenvalue weighted by atomic mass is 19.4. The summed E-state index contributed by atoms with van der Waals surface area (Å²) in [5, 5.41) is 0. The second kappa shape index (κ2) is 8.82. The monoisotopic (exact) mass is 505 g/mol. The van der Waals surface area contributed by atoms with E-state index in [1.165, 1.54) is 35.4 Å². The summed E-state index contributed by atoms with van der Waals surface area (Å²) in [6, 6.07) is 4.75. The molecule has 3 heterocycles. The van der Waals surface area contributed by atoms with Crippen LogP contribution < -0.4 is 16.0 Å². The molecule has 1 aromatic carbocycles. The number of amides is 1. The van der Waals surface area contributed by atoms with Crippen LogP contribution >= 0.6 is 0 Å². The fourth-order valence-electron chi connectivity index (χ4n) is 4.58. The molecule has 2 fully saturated rings. The van der Waals surface area contributed by atoms with Gasteiger partial charge in [-0.25, -0.2) is 4.79 Å². The van der Waals surface area contributed by atoms with Gasteiger partial charge in [-0.05, 0) is 30.5 Å². The molecule has 2 aliphatic rings. The van der Waals surface area contributed by atoms with Crippen molar-refractivity contribution in [1.82, 2.24) is 23.6 Å². The first-order valence-electron chi connectivity index (χ1n) is 11.8. The summed E-state index contributed by atoms with van der Waals surface area (Å²) in [5.41, 5.74) is -1.14. The standard InChI is InChI=1S/C24H26F3N5O4/c1-29-19-18(21(34)30(2)23(29)35)32(13-14-3-7-16(8-4-14)24(25,26)27)22(28-19)36-17-9-11-31(12-10-17)20(33)15-5-6-15/h3-4,7-8,15,17H,5-6,9-13H2,1-2H3. The zero-order valence-electron chi connectivity index (χ0n) is 19.9. The minimum Gasteiger partial charge on any atom is -0.461 e. The van der Waals surface area contributed by atoms with Crippen molar-refractivity contribution >= 4 is 17.1 Å². The molecule has 1 amide bonds. The molecule has 12 heteroatoms. The number of rotatable bonds is 5. The van der Waals surface area contributed by atoms with Crippen LogP contribution in [0.15, 0.2) is 33.9 Å². The molecular weight excluding hydrogens is 479 g/mol. The molecule has 9 nitrogen and oxygen atoms in total. The second-order valence-corrected chi connectivity index (χ2v) is 9.47. The Hall–Kier alpha value is -3.57. The van der Waals surface area contributed by atoms with Crippen LogP contribution in [-0.4, -0.2) is 48.7 Å². The third-order valence-corrected chi connectivity index (χ3v) is 6.89. The van der Waals surface area contributed by atoms with Crippen LogP contribution in [0.2, 0.25) is 0 Å². The van der Waals surface area contributed by atoms with Crippen molar-refractivity contribution in [3.8, 4) is 6.01 Å². The number of aryl methyl sites for hydroxylation is 1. The maximum Gasteiger partial charge on any atom is 0.416 e. The van der Waals surface area contributed by atoms with Gasteiger partial charge in [-0.1, -0.05) is 12.1 Å². The van der Waals surface area contributed by atoms with Crippen molar-refractivity contribution in [2.45, 2.75) is 44.5 Å². The maximum absolute atomic E-state index is 13.0. The molecule has 1 saturated heterocycles. The third-order valence-electron chi connectivity index (χ3n) is 6.89. The molecular formula is C24H26F3N5O4. The number of hydrogen-bond acceptors (Lipinski definition) is 5. The van der Waals surface area contributed by atoms with Gasteiger partial charge in [0.2, 0.25) is 5.91 Å². The first-order valence-corrected chi connectivity index (χ1v) is 11.8. The SMILES string of the molecule is Cn1c(=O)c2c(nc(OC3CCN(C(=O)C4CC4)CC3)n2Cc2ccc(C(F)(F)F)cc2)n(C)c1=O. The third kappa shape index (κ3) is 4.40. The van der Waals surface area contributed by atoms with Gasteiger partial charge in [-0.2, -0.15) is 18.2 Å². The fourth-order valence-corrected chi connectivity index (χ4v) is 4.58. The van der Waals surface area contributed by atoms with E-state index in [2.05, 4.69) is 4.98 Å². The molecule has 3 aromatic rings. The molecule has 36 heavy (non-hydrogen) atoms. The number of halogens is 3. The van der Waals surface area contributed by atoms with Crippen LogP contribution in [0.1, 0.15) is 36.8 Å². The lowest BCUT2D eigenvalue weighted by Crippen LogP contribution is -2.42. The van der Waals surface area contributed by atoms with Gasteiger partial charge in [-0.15, -0.1) is 0 Å². The Kier molecular flexibility index (Phi) is 5.92. The number of benzene rings is 1. The Bertz CT molecular complexity index is 1430. The van der Waals surface area contributed by atoms with E-state index >= 15 is 0 Å². The number of carbonyl (C=O) groups is 1. The highest BCUT2D eigenvalue weighted by Gasteiger charge is 2.35. The van der Waals surface area contributed by atoms with Crippen molar-refractivity contribution in [1.29, 1.82) is 0 Å². The van der Waals surface area contributed by atoms with Gasteiger partial charge in [0, 0.05) is 45.9 Å². The molecule has 192 valence electrons. The van der Waals surface area contributed by atoms with E-state index in [-0.39, 0.29) is 41.6 Å². The molecule has 0 atom stereocenters. The molecule has 0 spiro atoms. The van der Waals surface area contributed by atoms with E-state index in [0.717, 1.165) is 29.5 Å². The van der Waals surface area contributed by atoms with Gasteiger partial charge in [-0.3, -0.25) is 23.3 Å². The molecule has 1 saturated carbocycles. The van der Waals surface area contributed by atoms with Crippen LogP contribution in [-0.2, 0) is 31.6 Å². The van der Waals surface area contributed by atoms with E-state index < -0.39 is 23.0 Å². The minimum absolute atomic E-state index is 0.0242. The number of aromatic nitrogens is 4. The number of nitrogens with zero attached hydrogens (tertiary/aromatic N) is 5. The summed E-state index contributed by atoms with van der Waals surface area (Å²) < 4.78 is 48.9. The fraction of sp³-hybridized carbons (Fsp3) is 0.500. The quantitative estimate of drug-likeness (QED) is 0.531. The summed E-state index contributed by atoms with van der Waals surface area (Å²) in [7, 11) is 2.85. The van der Waals surface area contributed by atoms with Crippen molar-refractivity contribution in [2.75, 3.05) is 13.1 Å². The predicted molar refractivity (Wildman–Crippen MR) is 124 cm³/mol. The number of piperidine rings is 1. The molecule has 0 unspecified atom stereocenters. The van der Waals surface area contributed by atoms with Gasteiger partial charge in [0.15, 0.2) is 11.2 Å². The van der Waals surface area contributed by atoms with Gasteiger partial charge in [0.1, 0.15) is 6.10 Å². The predicted octanol–water partition coefficient (Wildman–Crippen LogP) is 2.28. The van der Waals surface area contributed by atoms with Gasteiger partial charge < -0.3 is 9.64 Å². The molecule has 2 aromatic heterocycles. The lowest BCUT2D eigenvalue weighted by molar-refractivity contribution is -0.137. The number of ether oxygens (including phenoxy) is 1. The Morgan fingerprint density at radius 1 is 1.03 bits per heavy atom. The lowest BCUT2D eigenvalue weighted by Gasteiger charge is -2.32. The van der Waals surface area contributed by atoms with Crippen LogP contribution in [0.5, 0.6) is 6.01 Å². The Morgan fingerprint density at radius 3 is 2.25 bits per heavy atom. The summed E-state index contributed by atoms with van der Waals surface area (Å²) in [5.74, 6) is 0.328. The average Bonchev–Trinajstić information content (AvgIpc) is 3.65. The van der Waals surface area contributed by atoms with Crippen molar-refractivity contribution in [3.63, 3.8) is 0 Å². The van der Waals surface area contributed by atoms with E-state index in [9.17, 15) is 27.6 Å². The first-order chi connectivity index (χ1) is 17.0. The number of fused-ring (bicyclic) bond motifs is 1. The summed E-state index contributed by atoms with van der Waals surface area (Å²) in [6.07, 6.45) is -1.68. The maximum atomic E-state index is 13.0. The van der Waals surface area contributed by atoms with Gasteiger partial charge in [0.25, 0.3) is 11.6 Å². The highest BCUT2D eigenvalue weighted by molar-refractivity contribution is 5.81. The van der Waals surface area contributed by atoms with Crippen molar-refractivity contribution in [2.24, 2.45) is 20.0 Å². The molecule has 0 N–H and O–H groups in total. The van der Waals surface area contributed by atoms with E-state index in [1.807, 2.05) is 4.90 Å². The zero-order chi connectivity index (χ0) is 25.8. The van der Waals surface area contributed by atoms with E-state index in [0.29, 0.717) is 31.5 Å². The van der Waals surface area contributed by atoms with Crippen LogP contribution in [0, 0.1) is 5.92 Å². The Morgan fingerprint density at radius 2 is 1.67 bits per heavy atom. The van der Waals surface area contributed by atoms with E-state index in [1.54, 1.807) is 0 Å². The van der Waals surface area contributed by atoms with Gasteiger partial charge >= 0.3 is 11.9 Å². The second-order valence-electron chi connectivity index (χ2n) is 9.47. The summed E-state index contributed by atoms with van der Waals surface area (Å²) in [6.45, 7) is 1.13. The van der Waals surface area contributed by atoms with Crippen molar-refractivity contribution in [3.05, 3.63) is 56.2 Å². The molecule has 0 radical (unpaired) electrons. The lowest BCUT2D eigenvalue weighted by atomic mass is 10.1. The van der Waals surface area contributed by atoms with Crippen LogP contribution in [0.3, 0.4) is 0 Å². The molecule has 0 bridgehead atoms. The van der Waals surface area contributed by atoms with E-state index in [4.69, 9.17) is 4.74 Å². The number of imidazole rings is 1. The Balaban J connectivity index is 1.47. The van der Waals surface area contributed by atoms with Crippen molar-refractivity contribution < 1.29 is 22.7 Å². The van der Waals surface area contributed by atoms with Crippen LogP contribution in [0.25, 0.3) is 11.2 Å². The number of alkyl halides is 3. The number of likely N-dealkylation sites (tertiary alicyclic amines) is 1. The zero-order valence-corrected chi connectivity index (χ0v) is 19.9. The van der Waals surface area contributed by atoms with Gasteiger partial charge in [0.05, 0.1) is 12.1 Å². The van der Waals surface area contributed by atoms with Crippen LogP contribution in [0.4, 0.5) is 13.2 Å². The topological polar surface area (TPSA) is 91.4 Å². The Labute approximate surface area is 203 Å². The number of hydrogen-bond donors (Lipinski definition) is 0. The largest absolute Gasteiger partial charge is 0.461 e. The number of carbonyl (C=O) groups excluding carboxylic acids is 1. The first kappa shape index (κ1) is 24.1. The molecule has 1 aliphatic heterocycles. The average molecular weight is 505 g/mol. The summed E-state index contributed by atoms with van der Waals surface area (Å²) >= 11 is 0.